The average Bonchev–Trinajstić information content (AvgIpc) is 2.54. The predicted molar refractivity (Wildman–Crippen MR) is 62.8 cm³/mol. The summed E-state index contributed by atoms with van der Waals surface area (Å²) in [5.74, 6) is 0.308. The molecule has 0 aliphatic heterocycles. The van der Waals surface area contributed by atoms with Crippen molar-refractivity contribution < 1.29 is 9.53 Å². The van der Waals surface area contributed by atoms with E-state index < -0.39 is 5.91 Å². The minimum absolute atomic E-state index is 0.420. The lowest BCUT2D eigenvalue weighted by molar-refractivity contribution is 0.100. The number of aromatic nitrogens is 1. The van der Waals surface area contributed by atoms with Crippen molar-refractivity contribution in [3.63, 3.8) is 0 Å². The highest BCUT2D eigenvalue weighted by Gasteiger charge is 2.15. The third-order valence-electron chi connectivity index (χ3n) is 2.75. The van der Waals surface area contributed by atoms with Gasteiger partial charge in [0.05, 0.1) is 12.7 Å². The molecule has 0 saturated carbocycles. The standard InChI is InChI=1S/C12H14N2O2/c1-6-4-8(16-3)5-9-10(12(13)15)7(2)14-11(6)9/h4-5,14H,1-3H3,(H2,13,15). The molecule has 0 fully saturated rings. The Morgan fingerprint density at radius 3 is 2.62 bits per heavy atom. The molecular formula is C12H14N2O2. The number of H-pyrrole nitrogens is 1. The molecule has 84 valence electrons. The molecule has 0 atom stereocenters. The normalized spacial score (nSPS) is 10.7. The van der Waals surface area contributed by atoms with Crippen LogP contribution in [0.15, 0.2) is 12.1 Å². The van der Waals surface area contributed by atoms with E-state index >= 15 is 0 Å². The Kier molecular flexibility index (Phi) is 2.34. The molecule has 0 radical (unpaired) electrons. The van der Waals surface area contributed by atoms with Crippen molar-refractivity contribution in [1.82, 2.24) is 4.98 Å². The summed E-state index contributed by atoms with van der Waals surface area (Å²) in [6.07, 6.45) is 0. The van der Waals surface area contributed by atoms with Crippen molar-refractivity contribution in [1.29, 1.82) is 0 Å². The van der Waals surface area contributed by atoms with E-state index in [0.29, 0.717) is 5.56 Å². The van der Waals surface area contributed by atoms with Gasteiger partial charge in [-0.3, -0.25) is 4.79 Å². The van der Waals surface area contributed by atoms with Crippen molar-refractivity contribution in [3.8, 4) is 5.75 Å². The molecule has 1 aromatic carbocycles. The average molecular weight is 218 g/mol. The van der Waals surface area contributed by atoms with Crippen LogP contribution in [0.4, 0.5) is 0 Å². The molecule has 0 bridgehead atoms. The second-order valence-electron chi connectivity index (χ2n) is 3.86. The summed E-state index contributed by atoms with van der Waals surface area (Å²) in [4.78, 5) is 14.5. The lowest BCUT2D eigenvalue weighted by Gasteiger charge is -2.03. The summed E-state index contributed by atoms with van der Waals surface area (Å²) in [5, 5.41) is 0.821. The fraction of sp³-hybridized carbons (Fsp3) is 0.250. The van der Waals surface area contributed by atoms with Gasteiger partial charge in [-0.2, -0.15) is 0 Å². The molecule has 0 unspecified atom stereocenters. The Balaban J connectivity index is 2.86. The van der Waals surface area contributed by atoms with Gasteiger partial charge in [-0.1, -0.05) is 0 Å². The molecular weight excluding hydrogens is 204 g/mol. The number of benzene rings is 1. The number of nitrogens with two attached hydrogens (primary N) is 1. The molecule has 16 heavy (non-hydrogen) atoms. The highest BCUT2D eigenvalue weighted by Crippen LogP contribution is 2.28. The van der Waals surface area contributed by atoms with Crippen LogP contribution in [0.2, 0.25) is 0 Å². The zero-order valence-corrected chi connectivity index (χ0v) is 9.55. The number of primary amides is 1. The van der Waals surface area contributed by atoms with Crippen LogP contribution < -0.4 is 10.5 Å². The molecule has 0 aliphatic carbocycles. The van der Waals surface area contributed by atoms with Crippen LogP contribution in [-0.4, -0.2) is 18.0 Å². The number of hydrogen-bond acceptors (Lipinski definition) is 2. The van der Waals surface area contributed by atoms with Crippen LogP contribution in [0.25, 0.3) is 10.9 Å². The van der Waals surface area contributed by atoms with Crippen molar-refractivity contribution in [3.05, 3.63) is 29.0 Å². The summed E-state index contributed by atoms with van der Waals surface area (Å²) in [6.45, 7) is 3.80. The van der Waals surface area contributed by atoms with E-state index in [1.807, 2.05) is 26.0 Å². The van der Waals surface area contributed by atoms with Gasteiger partial charge in [-0.25, -0.2) is 0 Å². The molecule has 0 aliphatic rings. The number of carbonyl (C=O) groups excluding carboxylic acids is 1. The van der Waals surface area contributed by atoms with E-state index in [1.165, 1.54) is 0 Å². The summed E-state index contributed by atoms with van der Waals surface area (Å²) in [6, 6.07) is 3.75. The maximum atomic E-state index is 11.4. The summed E-state index contributed by atoms with van der Waals surface area (Å²) >= 11 is 0. The number of rotatable bonds is 2. The number of aromatic amines is 1. The van der Waals surface area contributed by atoms with Gasteiger partial charge in [0.2, 0.25) is 0 Å². The van der Waals surface area contributed by atoms with Gasteiger partial charge in [-0.15, -0.1) is 0 Å². The number of hydrogen-bond donors (Lipinski definition) is 2. The van der Waals surface area contributed by atoms with Crippen LogP contribution in [0, 0.1) is 13.8 Å². The number of fused-ring (bicyclic) bond motifs is 1. The smallest absolute Gasteiger partial charge is 0.251 e. The topological polar surface area (TPSA) is 68.1 Å². The molecule has 0 spiro atoms. The molecule has 1 amide bonds. The largest absolute Gasteiger partial charge is 0.497 e. The second-order valence-corrected chi connectivity index (χ2v) is 3.86. The third kappa shape index (κ3) is 1.43. The van der Waals surface area contributed by atoms with Gasteiger partial charge in [0, 0.05) is 16.6 Å². The van der Waals surface area contributed by atoms with Crippen molar-refractivity contribution in [2.24, 2.45) is 5.73 Å². The van der Waals surface area contributed by atoms with Crippen LogP contribution in [-0.2, 0) is 0 Å². The van der Waals surface area contributed by atoms with Gasteiger partial charge in [0.15, 0.2) is 0 Å². The summed E-state index contributed by atoms with van der Waals surface area (Å²) in [7, 11) is 1.60. The number of methoxy groups -OCH3 is 1. The fourth-order valence-corrected chi connectivity index (χ4v) is 2.00. The molecule has 3 N–H and O–H groups in total. The SMILES string of the molecule is COc1cc(C)c2[nH]c(C)c(C(N)=O)c2c1. The van der Waals surface area contributed by atoms with Gasteiger partial charge in [0.1, 0.15) is 5.75 Å². The molecule has 2 rings (SSSR count). The first-order valence-electron chi connectivity index (χ1n) is 5.01. The van der Waals surface area contributed by atoms with E-state index in [0.717, 1.165) is 27.9 Å². The highest BCUT2D eigenvalue weighted by molar-refractivity contribution is 6.08. The van der Waals surface area contributed by atoms with Crippen molar-refractivity contribution >= 4 is 16.8 Å². The molecule has 1 heterocycles. The number of amides is 1. The monoisotopic (exact) mass is 218 g/mol. The quantitative estimate of drug-likeness (QED) is 0.808. The fourth-order valence-electron chi connectivity index (χ4n) is 2.00. The first-order chi connectivity index (χ1) is 7.54. The highest BCUT2D eigenvalue weighted by atomic mass is 16.5. The Labute approximate surface area is 93.4 Å². The first kappa shape index (κ1) is 10.5. The second kappa shape index (κ2) is 3.56. The van der Waals surface area contributed by atoms with Crippen LogP contribution in [0.3, 0.4) is 0 Å². The van der Waals surface area contributed by atoms with Gasteiger partial charge in [0.25, 0.3) is 5.91 Å². The number of aryl methyl sites for hydroxylation is 2. The lowest BCUT2D eigenvalue weighted by atomic mass is 10.1. The Bertz CT molecular complexity index is 570. The minimum Gasteiger partial charge on any atom is -0.497 e. The third-order valence-corrected chi connectivity index (χ3v) is 2.75. The van der Waals surface area contributed by atoms with E-state index in [-0.39, 0.29) is 0 Å². The lowest BCUT2D eigenvalue weighted by Crippen LogP contribution is -2.11. The molecule has 0 saturated heterocycles. The minimum atomic E-state index is -0.420. The predicted octanol–water partition coefficient (Wildman–Crippen LogP) is 1.89. The van der Waals surface area contributed by atoms with Gasteiger partial charge in [-0.05, 0) is 31.5 Å². The molecule has 4 nitrogen and oxygen atoms in total. The zero-order valence-electron chi connectivity index (χ0n) is 9.55. The summed E-state index contributed by atoms with van der Waals surface area (Å²) < 4.78 is 5.18. The van der Waals surface area contributed by atoms with Crippen LogP contribution >= 0.6 is 0 Å². The van der Waals surface area contributed by atoms with E-state index in [2.05, 4.69) is 4.98 Å². The Morgan fingerprint density at radius 1 is 1.38 bits per heavy atom. The van der Waals surface area contributed by atoms with E-state index in [9.17, 15) is 4.79 Å². The maximum Gasteiger partial charge on any atom is 0.251 e. The van der Waals surface area contributed by atoms with E-state index in [4.69, 9.17) is 10.5 Å². The zero-order chi connectivity index (χ0) is 11.9. The van der Waals surface area contributed by atoms with Gasteiger partial charge >= 0.3 is 0 Å². The number of ether oxygens (including phenoxy) is 1. The Morgan fingerprint density at radius 2 is 2.06 bits per heavy atom. The number of carbonyl (C=O) groups is 1. The molecule has 4 heteroatoms. The van der Waals surface area contributed by atoms with E-state index in [1.54, 1.807) is 7.11 Å². The van der Waals surface area contributed by atoms with Crippen molar-refractivity contribution in [2.45, 2.75) is 13.8 Å². The van der Waals surface area contributed by atoms with Crippen LogP contribution in [0.5, 0.6) is 5.75 Å². The number of nitrogens with one attached hydrogen (secondary N) is 1. The van der Waals surface area contributed by atoms with Crippen LogP contribution in [0.1, 0.15) is 21.6 Å². The van der Waals surface area contributed by atoms with Crippen molar-refractivity contribution in [2.75, 3.05) is 7.11 Å². The summed E-state index contributed by atoms with van der Waals surface area (Å²) in [5.41, 5.74) is 8.67. The first-order valence-corrected chi connectivity index (χ1v) is 5.01. The molecule has 2 aromatic rings. The maximum absolute atomic E-state index is 11.4. The molecule has 1 aromatic heterocycles. The van der Waals surface area contributed by atoms with Gasteiger partial charge < -0.3 is 15.5 Å². The Hall–Kier alpha value is -1.97.